The fourth-order valence-corrected chi connectivity index (χ4v) is 3.87. The summed E-state index contributed by atoms with van der Waals surface area (Å²) in [6.45, 7) is 1.82. The predicted molar refractivity (Wildman–Crippen MR) is 115 cm³/mol. The average molecular weight is 488 g/mol. The van der Waals surface area contributed by atoms with Gasteiger partial charge in [0.15, 0.2) is 0 Å². The first-order valence-electron chi connectivity index (χ1n) is 9.38. The SMILES string of the molecule is CCc1cc(C2=NOC(c3cc(Cl)cc(Cl)c3)(C(F)(F)F)C2)ccc1C(=O)NC=NOC. The first-order valence-corrected chi connectivity index (χ1v) is 10.1. The fourth-order valence-electron chi connectivity index (χ4n) is 3.35. The monoisotopic (exact) mass is 487 g/mol. The molecule has 6 nitrogen and oxygen atoms in total. The van der Waals surface area contributed by atoms with Gasteiger partial charge in [-0.2, -0.15) is 13.2 Å². The Morgan fingerprint density at radius 1 is 1.28 bits per heavy atom. The summed E-state index contributed by atoms with van der Waals surface area (Å²) in [6.07, 6.45) is -3.82. The summed E-state index contributed by atoms with van der Waals surface area (Å²) >= 11 is 11.9. The second-order valence-corrected chi connectivity index (χ2v) is 7.78. The van der Waals surface area contributed by atoms with E-state index in [1.165, 1.54) is 25.3 Å². The van der Waals surface area contributed by atoms with Crippen molar-refractivity contribution in [1.82, 2.24) is 5.32 Å². The molecule has 0 saturated carbocycles. The number of benzene rings is 2. The van der Waals surface area contributed by atoms with Crippen molar-refractivity contribution in [2.24, 2.45) is 10.3 Å². The lowest BCUT2D eigenvalue weighted by atomic mass is 9.86. The zero-order chi connectivity index (χ0) is 23.5. The third-order valence-corrected chi connectivity index (χ3v) is 5.37. The Morgan fingerprint density at radius 2 is 1.97 bits per heavy atom. The molecule has 1 aliphatic heterocycles. The van der Waals surface area contributed by atoms with E-state index in [2.05, 4.69) is 20.5 Å². The predicted octanol–water partition coefficient (Wildman–Crippen LogP) is 5.46. The van der Waals surface area contributed by atoms with E-state index in [0.29, 0.717) is 23.1 Å². The first-order chi connectivity index (χ1) is 15.1. The van der Waals surface area contributed by atoms with Crippen LogP contribution in [0.2, 0.25) is 10.0 Å². The summed E-state index contributed by atoms with van der Waals surface area (Å²) in [6, 6.07) is 8.29. The number of aryl methyl sites for hydroxylation is 1. The van der Waals surface area contributed by atoms with Gasteiger partial charge in [-0.1, -0.05) is 46.5 Å². The molecule has 1 heterocycles. The number of rotatable bonds is 6. The minimum absolute atomic E-state index is 0.0498. The first kappa shape index (κ1) is 23.9. The maximum atomic E-state index is 14.2. The maximum absolute atomic E-state index is 14.2. The Morgan fingerprint density at radius 3 is 2.56 bits per heavy atom. The Hall–Kier alpha value is -2.78. The molecular weight excluding hydrogens is 470 g/mol. The van der Waals surface area contributed by atoms with Crippen LogP contribution in [0.4, 0.5) is 13.2 Å². The van der Waals surface area contributed by atoms with E-state index in [0.717, 1.165) is 18.5 Å². The van der Waals surface area contributed by atoms with E-state index in [9.17, 15) is 18.0 Å². The van der Waals surface area contributed by atoms with Crippen LogP contribution in [0.25, 0.3) is 0 Å². The third-order valence-electron chi connectivity index (χ3n) is 4.93. The summed E-state index contributed by atoms with van der Waals surface area (Å²) < 4.78 is 42.5. The van der Waals surface area contributed by atoms with E-state index in [1.54, 1.807) is 6.07 Å². The molecule has 1 amide bonds. The van der Waals surface area contributed by atoms with E-state index < -0.39 is 24.1 Å². The second-order valence-electron chi connectivity index (χ2n) is 6.90. The van der Waals surface area contributed by atoms with Gasteiger partial charge in [0.2, 0.25) is 0 Å². The molecule has 2 aromatic rings. The number of hydrogen-bond donors (Lipinski definition) is 1. The molecule has 0 radical (unpaired) electrons. The van der Waals surface area contributed by atoms with Gasteiger partial charge < -0.3 is 15.0 Å². The van der Waals surface area contributed by atoms with Crippen LogP contribution in [-0.4, -0.2) is 31.2 Å². The van der Waals surface area contributed by atoms with E-state index >= 15 is 0 Å². The molecule has 0 saturated heterocycles. The summed E-state index contributed by atoms with van der Waals surface area (Å²) in [5.74, 6) is -0.433. The molecule has 1 aliphatic rings. The number of nitrogens with one attached hydrogen (secondary N) is 1. The minimum atomic E-state index is -4.79. The standard InChI is InChI=1S/C21H18Cl2F3N3O3/c1-3-12-6-13(4-5-17(12)19(30)27-11-28-31-2)18-10-20(32-29-18,21(24,25)26)14-7-15(22)9-16(23)8-14/h4-9,11H,3,10H2,1-2H3,(H,27,28,30). The Kier molecular flexibility index (Phi) is 7.00. The number of hydrogen-bond acceptors (Lipinski definition) is 5. The lowest BCUT2D eigenvalue weighted by Gasteiger charge is -2.29. The fraction of sp³-hybridized carbons (Fsp3) is 0.286. The van der Waals surface area contributed by atoms with E-state index in [4.69, 9.17) is 28.0 Å². The Bertz CT molecular complexity index is 1070. The topological polar surface area (TPSA) is 72.3 Å². The van der Waals surface area contributed by atoms with Crippen LogP contribution in [0.1, 0.15) is 40.4 Å². The third kappa shape index (κ3) is 4.68. The molecule has 1 N–H and O–H groups in total. The van der Waals surface area contributed by atoms with Crippen molar-refractivity contribution in [3.05, 3.63) is 68.7 Å². The van der Waals surface area contributed by atoms with Gasteiger partial charge in [0.25, 0.3) is 11.5 Å². The van der Waals surface area contributed by atoms with Crippen LogP contribution in [0.5, 0.6) is 0 Å². The van der Waals surface area contributed by atoms with Crippen molar-refractivity contribution in [1.29, 1.82) is 0 Å². The molecule has 170 valence electrons. The van der Waals surface area contributed by atoms with Crippen LogP contribution < -0.4 is 5.32 Å². The van der Waals surface area contributed by atoms with Crippen molar-refractivity contribution < 1.29 is 27.6 Å². The minimum Gasteiger partial charge on any atom is -0.398 e. The normalized spacial score (nSPS) is 18.4. The number of oxime groups is 2. The van der Waals surface area contributed by atoms with Crippen molar-refractivity contribution in [3.8, 4) is 0 Å². The van der Waals surface area contributed by atoms with Crippen LogP contribution in [0.3, 0.4) is 0 Å². The van der Waals surface area contributed by atoms with Crippen molar-refractivity contribution in [2.45, 2.75) is 31.5 Å². The number of amides is 1. The van der Waals surface area contributed by atoms with Crippen LogP contribution in [0, 0.1) is 0 Å². The molecule has 0 spiro atoms. The second kappa shape index (κ2) is 9.38. The smallest absolute Gasteiger partial charge is 0.398 e. The summed E-state index contributed by atoms with van der Waals surface area (Å²) in [4.78, 5) is 21.8. The average Bonchev–Trinajstić information content (AvgIpc) is 3.20. The van der Waals surface area contributed by atoms with Gasteiger partial charge in [-0.3, -0.25) is 4.79 Å². The van der Waals surface area contributed by atoms with Gasteiger partial charge in [0.1, 0.15) is 13.4 Å². The van der Waals surface area contributed by atoms with Crippen molar-refractivity contribution in [2.75, 3.05) is 7.11 Å². The molecule has 0 fully saturated rings. The van der Waals surface area contributed by atoms with Crippen LogP contribution >= 0.6 is 23.2 Å². The molecule has 1 atom stereocenters. The van der Waals surface area contributed by atoms with E-state index in [1.807, 2.05) is 6.92 Å². The highest BCUT2D eigenvalue weighted by Crippen LogP contribution is 2.49. The molecule has 3 rings (SSSR count). The van der Waals surface area contributed by atoms with Crippen molar-refractivity contribution >= 4 is 41.2 Å². The van der Waals surface area contributed by atoms with Gasteiger partial charge >= 0.3 is 6.18 Å². The quantitative estimate of drug-likeness (QED) is 0.334. The number of alkyl halides is 3. The number of carbonyl (C=O) groups is 1. The summed E-state index contributed by atoms with van der Waals surface area (Å²) in [5, 5.41) is 9.72. The molecule has 1 unspecified atom stereocenters. The summed E-state index contributed by atoms with van der Waals surface area (Å²) in [5.41, 5.74) is -1.52. The maximum Gasteiger partial charge on any atom is 0.435 e. The largest absolute Gasteiger partial charge is 0.435 e. The lowest BCUT2D eigenvalue weighted by molar-refractivity contribution is -0.275. The van der Waals surface area contributed by atoms with Gasteiger partial charge in [-0.25, -0.2) is 0 Å². The highest BCUT2D eigenvalue weighted by molar-refractivity contribution is 6.34. The highest BCUT2D eigenvalue weighted by Gasteiger charge is 2.62. The van der Waals surface area contributed by atoms with Crippen LogP contribution in [-0.2, 0) is 21.7 Å². The Balaban J connectivity index is 1.94. The molecule has 0 aromatic heterocycles. The highest BCUT2D eigenvalue weighted by atomic mass is 35.5. The Labute approximate surface area is 192 Å². The zero-order valence-corrected chi connectivity index (χ0v) is 18.5. The molecule has 32 heavy (non-hydrogen) atoms. The molecular formula is C21H18Cl2F3N3O3. The molecule has 11 heteroatoms. The van der Waals surface area contributed by atoms with Crippen molar-refractivity contribution in [3.63, 3.8) is 0 Å². The summed E-state index contributed by atoms with van der Waals surface area (Å²) in [7, 11) is 1.33. The number of nitrogens with zero attached hydrogens (tertiary/aromatic N) is 2. The zero-order valence-electron chi connectivity index (χ0n) is 17.0. The van der Waals surface area contributed by atoms with Gasteiger partial charge in [0.05, 0.1) is 5.71 Å². The van der Waals surface area contributed by atoms with Crippen LogP contribution in [0.15, 0.2) is 46.7 Å². The van der Waals surface area contributed by atoms with Gasteiger partial charge in [0, 0.05) is 27.6 Å². The van der Waals surface area contributed by atoms with Gasteiger partial charge in [-0.05, 0) is 47.9 Å². The number of halogens is 5. The lowest BCUT2D eigenvalue weighted by Crippen LogP contribution is -2.42. The van der Waals surface area contributed by atoms with Gasteiger partial charge in [-0.15, -0.1) is 0 Å². The molecule has 0 aliphatic carbocycles. The number of carbonyl (C=O) groups excluding carboxylic acids is 1. The van der Waals surface area contributed by atoms with E-state index in [-0.39, 0.29) is 21.3 Å². The molecule has 2 aromatic carbocycles. The molecule has 0 bridgehead atoms.